The van der Waals surface area contributed by atoms with Crippen molar-refractivity contribution in [2.24, 2.45) is 11.8 Å². The first-order valence-electron chi connectivity index (χ1n) is 9.29. The van der Waals surface area contributed by atoms with Gasteiger partial charge in [-0.05, 0) is 45.8 Å². The molecule has 2 fully saturated rings. The van der Waals surface area contributed by atoms with Crippen molar-refractivity contribution in [2.45, 2.75) is 12.1 Å². The van der Waals surface area contributed by atoms with E-state index in [1.54, 1.807) is 25.3 Å². The number of nitrogens with one attached hydrogen (secondary N) is 1. The highest BCUT2D eigenvalue weighted by molar-refractivity contribution is 9.10. The van der Waals surface area contributed by atoms with E-state index in [1.807, 2.05) is 41.3 Å². The molecule has 0 unspecified atom stereocenters. The summed E-state index contributed by atoms with van der Waals surface area (Å²) in [4.78, 5) is 40.8. The minimum atomic E-state index is -0.761. The maximum atomic E-state index is 13.6. The summed E-state index contributed by atoms with van der Waals surface area (Å²) in [6.45, 7) is 0. The van der Waals surface area contributed by atoms with E-state index in [0.29, 0.717) is 15.8 Å². The van der Waals surface area contributed by atoms with Crippen LogP contribution in [0.5, 0.6) is 5.75 Å². The topological polar surface area (TPSA) is 75.7 Å². The summed E-state index contributed by atoms with van der Waals surface area (Å²) >= 11 is 3.42. The number of imide groups is 1. The SMILES string of the molecule is COc1ccc(C(=O)[C@@H]2[C@@H]3C(=O)NC(=O)[C@H]3[C@H]3C=Cc4ccccc4N32)cc1Br. The van der Waals surface area contributed by atoms with Gasteiger partial charge in [0.1, 0.15) is 11.8 Å². The van der Waals surface area contributed by atoms with Crippen molar-refractivity contribution in [3.05, 3.63) is 64.1 Å². The minimum Gasteiger partial charge on any atom is -0.496 e. The number of nitrogens with zero attached hydrogens (tertiary/aromatic N) is 1. The van der Waals surface area contributed by atoms with Crippen LogP contribution in [0.25, 0.3) is 6.08 Å². The highest BCUT2D eigenvalue weighted by atomic mass is 79.9. The Morgan fingerprint density at radius 3 is 2.62 bits per heavy atom. The van der Waals surface area contributed by atoms with Crippen molar-refractivity contribution >= 4 is 45.3 Å². The fraction of sp³-hybridized carbons (Fsp3) is 0.227. The quantitative estimate of drug-likeness (QED) is 0.572. The number of carbonyl (C=O) groups is 3. The summed E-state index contributed by atoms with van der Waals surface area (Å²) in [6, 6.07) is 11.7. The Bertz CT molecular complexity index is 1100. The summed E-state index contributed by atoms with van der Waals surface area (Å²) in [5.74, 6) is -1.58. The predicted molar refractivity (Wildman–Crippen MR) is 111 cm³/mol. The van der Waals surface area contributed by atoms with Gasteiger partial charge in [-0.3, -0.25) is 19.7 Å². The minimum absolute atomic E-state index is 0.194. The molecule has 0 bridgehead atoms. The van der Waals surface area contributed by atoms with Crippen LogP contribution in [0.3, 0.4) is 0 Å². The van der Waals surface area contributed by atoms with E-state index >= 15 is 0 Å². The van der Waals surface area contributed by atoms with Crippen LogP contribution in [0.1, 0.15) is 15.9 Å². The third-order valence-corrected chi connectivity index (χ3v) is 6.58. The van der Waals surface area contributed by atoms with Crippen molar-refractivity contribution in [2.75, 3.05) is 12.0 Å². The predicted octanol–water partition coefficient (Wildman–Crippen LogP) is 2.81. The van der Waals surface area contributed by atoms with Crippen LogP contribution in [0.2, 0.25) is 0 Å². The first-order chi connectivity index (χ1) is 14.0. The average molecular weight is 453 g/mol. The van der Waals surface area contributed by atoms with Crippen molar-refractivity contribution in [1.29, 1.82) is 0 Å². The number of benzene rings is 2. The average Bonchev–Trinajstić information content (AvgIpc) is 3.22. The molecule has 5 rings (SSSR count). The molecule has 7 heteroatoms. The Hall–Kier alpha value is -2.93. The second-order valence-corrected chi connectivity index (χ2v) is 8.23. The number of rotatable bonds is 3. The lowest BCUT2D eigenvalue weighted by Crippen LogP contribution is -2.47. The molecule has 146 valence electrons. The highest BCUT2D eigenvalue weighted by Crippen LogP contribution is 2.47. The van der Waals surface area contributed by atoms with E-state index in [0.717, 1.165) is 11.3 Å². The molecule has 0 aromatic heterocycles. The zero-order valence-corrected chi connectivity index (χ0v) is 17.0. The van der Waals surface area contributed by atoms with Crippen molar-refractivity contribution < 1.29 is 19.1 Å². The molecule has 0 saturated carbocycles. The summed E-state index contributed by atoms with van der Waals surface area (Å²) in [5.41, 5.74) is 2.28. The lowest BCUT2D eigenvalue weighted by Gasteiger charge is -2.35. The Labute approximate surface area is 175 Å². The number of anilines is 1. The Kier molecular flexibility index (Phi) is 4.10. The van der Waals surface area contributed by atoms with E-state index < -0.39 is 17.9 Å². The van der Waals surface area contributed by atoms with Gasteiger partial charge in [0.05, 0.1) is 29.5 Å². The van der Waals surface area contributed by atoms with Crippen molar-refractivity contribution in [3.63, 3.8) is 0 Å². The molecule has 2 amide bonds. The first kappa shape index (κ1) is 18.1. The van der Waals surface area contributed by atoms with Crippen molar-refractivity contribution in [1.82, 2.24) is 5.32 Å². The van der Waals surface area contributed by atoms with Crippen LogP contribution in [0.15, 0.2) is 53.0 Å². The normalized spacial score (nSPS) is 26.6. The van der Waals surface area contributed by atoms with E-state index in [9.17, 15) is 14.4 Å². The molecule has 29 heavy (non-hydrogen) atoms. The third-order valence-electron chi connectivity index (χ3n) is 5.96. The van der Waals surface area contributed by atoms with Gasteiger partial charge in [-0.15, -0.1) is 0 Å². The third kappa shape index (κ3) is 2.57. The standard InChI is InChI=1S/C22H17BrN2O4/c1-29-16-9-7-12(10-13(16)23)20(26)19-18-17(21(27)24-22(18)28)15-8-6-11-4-2-3-5-14(11)25(15)19/h2-10,15,17-19H,1H3,(H,24,27,28)/t15-,17+,18-,19+/m1/s1. The number of Topliss-reactive ketones (excluding diaryl/α,β-unsaturated/α-hetero) is 1. The monoisotopic (exact) mass is 452 g/mol. The second-order valence-electron chi connectivity index (χ2n) is 7.38. The molecule has 0 aliphatic carbocycles. The Morgan fingerprint density at radius 2 is 1.86 bits per heavy atom. The number of ether oxygens (including phenoxy) is 1. The molecule has 4 atom stereocenters. The molecule has 0 spiro atoms. The number of ketones is 1. The first-order valence-corrected chi connectivity index (χ1v) is 10.1. The van der Waals surface area contributed by atoms with Gasteiger partial charge >= 0.3 is 0 Å². The summed E-state index contributed by atoms with van der Waals surface area (Å²) < 4.78 is 5.91. The zero-order valence-electron chi connectivity index (χ0n) is 15.5. The summed E-state index contributed by atoms with van der Waals surface area (Å²) in [5, 5.41) is 2.42. The van der Waals surface area contributed by atoms with Gasteiger partial charge in [-0.25, -0.2) is 0 Å². The summed E-state index contributed by atoms with van der Waals surface area (Å²) in [7, 11) is 1.55. The molecule has 2 aromatic rings. The van der Waals surface area contributed by atoms with Gasteiger partial charge in [-0.2, -0.15) is 0 Å². The highest BCUT2D eigenvalue weighted by Gasteiger charge is 2.61. The molecule has 2 aromatic carbocycles. The largest absolute Gasteiger partial charge is 0.496 e. The van der Waals surface area contributed by atoms with Crippen LogP contribution in [-0.2, 0) is 9.59 Å². The number of para-hydroxylation sites is 1. The number of hydrogen-bond donors (Lipinski definition) is 1. The van der Waals surface area contributed by atoms with Gasteiger partial charge < -0.3 is 9.64 Å². The number of carbonyl (C=O) groups excluding carboxylic acids is 3. The summed E-state index contributed by atoms with van der Waals surface area (Å²) in [6.07, 6.45) is 3.88. The number of amides is 2. The fourth-order valence-electron chi connectivity index (χ4n) is 4.72. The Morgan fingerprint density at radius 1 is 1.10 bits per heavy atom. The molecule has 6 nitrogen and oxygen atoms in total. The fourth-order valence-corrected chi connectivity index (χ4v) is 5.26. The molecule has 3 aliphatic heterocycles. The van der Waals surface area contributed by atoms with Gasteiger partial charge in [0, 0.05) is 11.3 Å². The van der Waals surface area contributed by atoms with E-state index in [4.69, 9.17) is 4.74 Å². The van der Waals surface area contributed by atoms with Crippen LogP contribution in [-0.4, -0.2) is 36.8 Å². The molecule has 1 N–H and O–H groups in total. The maximum Gasteiger partial charge on any atom is 0.233 e. The second kappa shape index (κ2) is 6.56. The number of halogens is 1. The van der Waals surface area contributed by atoms with Gasteiger partial charge in [0.2, 0.25) is 11.8 Å². The van der Waals surface area contributed by atoms with E-state index in [2.05, 4.69) is 21.2 Å². The van der Waals surface area contributed by atoms with E-state index in [-0.39, 0.29) is 23.6 Å². The lowest BCUT2D eigenvalue weighted by atomic mass is 9.86. The van der Waals surface area contributed by atoms with Gasteiger partial charge in [0.15, 0.2) is 5.78 Å². The van der Waals surface area contributed by atoms with Gasteiger partial charge in [0.25, 0.3) is 0 Å². The van der Waals surface area contributed by atoms with Crippen molar-refractivity contribution in [3.8, 4) is 5.75 Å². The molecule has 3 aliphatic rings. The van der Waals surface area contributed by atoms with Crippen LogP contribution in [0, 0.1) is 11.8 Å². The number of hydrogen-bond acceptors (Lipinski definition) is 5. The number of fused-ring (bicyclic) bond motifs is 5. The molecular weight excluding hydrogens is 436 g/mol. The van der Waals surface area contributed by atoms with E-state index in [1.165, 1.54) is 0 Å². The maximum absolute atomic E-state index is 13.6. The zero-order chi connectivity index (χ0) is 20.3. The van der Waals surface area contributed by atoms with Crippen LogP contribution in [0.4, 0.5) is 5.69 Å². The van der Waals surface area contributed by atoms with Crippen LogP contribution < -0.4 is 15.0 Å². The molecule has 3 heterocycles. The number of methoxy groups -OCH3 is 1. The molecular formula is C22H17BrN2O4. The van der Waals surface area contributed by atoms with Crippen LogP contribution >= 0.6 is 15.9 Å². The van der Waals surface area contributed by atoms with Gasteiger partial charge in [-0.1, -0.05) is 30.4 Å². The molecule has 0 radical (unpaired) electrons. The smallest absolute Gasteiger partial charge is 0.233 e. The lowest BCUT2D eigenvalue weighted by molar-refractivity contribution is -0.126. The molecule has 2 saturated heterocycles. The Balaban J connectivity index is 1.64.